The van der Waals surface area contributed by atoms with Crippen LogP contribution in [0.2, 0.25) is 0 Å². The number of hydrogen-bond acceptors (Lipinski definition) is 0. The van der Waals surface area contributed by atoms with Gasteiger partial charge in [-0.25, -0.2) is 0 Å². The van der Waals surface area contributed by atoms with Crippen LogP contribution < -0.4 is 0 Å². The van der Waals surface area contributed by atoms with Crippen molar-refractivity contribution >= 4 is 23.2 Å². The monoisotopic (exact) mass is 202 g/mol. The van der Waals surface area contributed by atoms with Crippen LogP contribution in [0.25, 0.3) is 0 Å². The average Bonchev–Trinajstić information content (AvgIpc) is 2.41. The molecule has 0 spiro atoms. The van der Waals surface area contributed by atoms with Gasteiger partial charge in [0.05, 0.1) is 5.38 Å². The largest absolute Gasteiger partial charge is 0.117 e. The first-order valence-corrected chi connectivity index (χ1v) is 5.17. The van der Waals surface area contributed by atoms with Crippen molar-refractivity contribution in [3.05, 3.63) is 23.8 Å². The van der Waals surface area contributed by atoms with Crippen LogP contribution in [0.3, 0.4) is 0 Å². The van der Waals surface area contributed by atoms with E-state index in [0.29, 0.717) is 17.8 Å². The molecular formula is C10H12Cl2. The van der Waals surface area contributed by atoms with Gasteiger partial charge < -0.3 is 0 Å². The Labute approximate surface area is 83.2 Å². The van der Waals surface area contributed by atoms with E-state index >= 15 is 0 Å². The predicted molar refractivity (Wildman–Crippen MR) is 53.5 cm³/mol. The van der Waals surface area contributed by atoms with Crippen LogP contribution in [0.15, 0.2) is 23.8 Å². The van der Waals surface area contributed by atoms with E-state index in [1.54, 1.807) is 0 Å². The summed E-state index contributed by atoms with van der Waals surface area (Å²) in [5.74, 6) is 1.79. The lowest BCUT2D eigenvalue weighted by atomic mass is 9.93. The SMILES string of the molecule is C=C[C@H]1C[C@H]2C[C@@H]1C=C(Cl)[C@@H]2Cl. The molecule has 0 nitrogen and oxygen atoms in total. The molecule has 12 heavy (non-hydrogen) atoms. The van der Waals surface area contributed by atoms with E-state index < -0.39 is 0 Å². The van der Waals surface area contributed by atoms with E-state index in [0.717, 1.165) is 11.5 Å². The summed E-state index contributed by atoms with van der Waals surface area (Å²) in [5, 5.41) is 0.912. The molecule has 0 unspecified atom stereocenters. The molecule has 2 rings (SSSR count). The summed E-state index contributed by atoms with van der Waals surface area (Å²) in [6.07, 6.45) is 6.52. The minimum absolute atomic E-state index is 0.0628. The van der Waals surface area contributed by atoms with Gasteiger partial charge in [-0.1, -0.05) is 23.8 Å². The Hall–Kier alpha value is 0.0600. The Bertz CT molecular complexity index is 232. The maximum Gasteiger partial charge on any atom is 0.0717 e. The lowest BCUT2D eigenvalue weighted by Gasteiger charge is -2.21. The van der Waals surface area contributed by atoms with Crippen molar-refractivity contribution < 1.29 is 0 Å². The summed E-state index contributed by atoms with van der Waals surface area (Å²) >= 11 is 12.2. The molecule has 0 aliphatic heterocycles. The molecule has 66 valence electrons. The van der Waals surface area contributed by atoms with Crippen LogP contribution in [-0.4, -0.2) is 5.38 Å². The highest BCUT2D eigenvalue weighted by molar-refractivity contribution is 6.37. The lowest BCUT2D eigenvalue weighted by Crippen LogP contribution is -2.16. The molecule has 0 saturated heterocycles. The molecule has 2 aliphatic rings. The van der Waals surface area contributed by atoms with E-state index in [1.807, 2.05) is 6.08 Å². The fraction of sp³-hybridized carbons (Fsp3) is 0.600. The minimum Gasteiger partial charge on any atom is -0.117 e. The Kier molecular flexibility index (Phi) is 2.22. The van der Waals surface area contributed by atoms with Crippen molar-refractivity contribution in [2.24, 2.45) is 17.8 Å². The van der Waals surface area contributed by atoms with Gasteiger partial charge in [0.2, 0.25) is 0 Å². The van der Waals surface area contributed by atoms with Gasteiger partial charge in [-0.15, -0.1) is 18.2 Å². The Morgan fingerprint density at radius 3 is 2.92 bits per heavy atom. The Morgan fingerprint density at radius 2 is 2.25 bits per heavy atom. The van der Waals surface area contributed by atoms with E-state index in [9.17, 15) is 0 Å². The highest BCUT2D eigenvalue weighted by Crippen LogP contribution is 2.48. The minimum atomic E-state index is 0.0628. The number of allylic oxidation sites excluding steroid dienone is 3. The van der Waals surface area contributed by atoms with E-state index in [1.165, 1.54) is 6.42 Å². The second kappa shape index (κ2) is 3.08. The molecule has 1 saturated carbocycles. The summed E-state index contributed by atoms with van der Waals surface area (Å²) < 4.78 is 0. The van der Waals surface area contributed by atoms with Crippen molar-refractivity contribution in [1.82, 2.24) is 0 Å². The summed E-state index contributed by atoms with van der Waals surface area (Å²) in [7, 11) is 0. The zero-order chi connectivity index (χ0) is 8.72. The smallest absolute Gasteiger partial charge is 0.0717 e. The van der Waals surface area contributed by atoms with Gasteiger partial charge in [0.25, 0.3) is 0 Å². The highest BCUT2D eigenvalue weighted by Gasteiger charge is 2.39. The van der Waals surface area contributed by atoms with Gasteiger partial charge in [0, 0.05) is 5.03 Å². The van der Waals surface area contributed by atoms with Crippen LogP contribution in [0, 0.1) is 17.8 Å². The molecule has 2 aliphatic carbocycles. The van der Waals surface area contributed by atoms with Crippen LogP contribution >= 0.6 is 23.2 Å². The van der Waals surface area contributed by atoms with Gasteiger partial charge >= 0.3 is 0 Å². The molecule has 2 heteroatoms. The van der Waals surface area contributed by atoms with Crippen LogP contribution in [0.4, 0.5) is 0 Å². The maximum atomic E-state index is 6.15. The molecule has 0 radical (unpaired) electrons. The fourth-order valence-corrected chi connectivity index (χ4v) is 2.99. The highest BCUT2D eigenvalue weighted by atomic mass is 35.5. The summed E-state index contributed by atoms with van der Waals surface area (Å²) in [4.78, 5) is 0. The second-order valence-electron chi connectivity index (χ2n) is 3.75. The first kappa shape index (κ1) is 8.65. The van der Waals surface area contributed by atoms with E-state index in [4.69, 9.17) is 23.2 Å². The number of fused-ring (bicyclic) bond motifs is 2. The molecule has 0 aromatic carbocycles. The molecule has 0 aromatic heterocycles. The topological polar surface area (TPSA) is 0 Å². The number of rotatable bonds is 1. The zero-order valence-electron chi connectivity index (χ0n) is 6.84. The number of alkyl halides is 1. The molecule has 0 amide bonds. The van der Waals surface area contributed by atoms with Crippen molar-refractivity contribution in [3.8, 4) is 0 Å². The molecular weight excluding hydrogens is 191 g/mol. The normalized spacial score (nSPS) is 45.7. The van der Waals surface area contributed by atoms with Gasteiger partial charge in [-0.2, -0.15) is 0 Å². The molecule has 2 bridgehead atoms. The summed E-state index contributed by atoms with van der Waals surface area (Å²) in [6.45, 7) is 3.84. The molecule has 4 atom stereocenters. The first-order valence-electron chi connectivity index (χ1n) is 4.36. The second-order valence-corrected chi connectivity index (χ2v) is 4.65. The average molecular weight is 203 g/mol. The van der Waals surface area contributed by atoms with E-state index in [2.05, 4.69) is 12.7 Å². The third kappa shape index (κ3) is 1.22. The molecule has 0 aromatic rings. The van der Waals surface area contributed by atoms with Crippen LogP contribution in [0.1, 0.15) is 12.8 Å². The zero-order valence-corrected chi connectivity index (χ0v) is 8.35. The lowest BCUT2D eigenvalue weighted by molar-refractivity contribution is 0.518. The Balaban J connectivity index is 2.25. The molecule has 0 heterocycles. The fourth-order valence-electron chi connectivity index (χ4n) is 2.37. The number of hydrogen-bond donors (Lipinski definition) is 0. The third-order valence-electron chi connectivity index (χ3n) is 3.05. The number of halogens is 2. The van der Waals surface area contributed by atoms with Gasteiger partial charge in [0.1, 0.15) is 0 Å². The van der Waals surface area contributed by atoms with Crippen LogP contribution in [0.5, 0.6) is 0 Å². The predicted octanol–water partition coefficient (Wildman–Crippen LogP) is 3.56. The molecule has 1 fully saturated rings. The van der Waals surface area contributed by atoms with Gasteiger partial charge in [-0.3, -0.25) is 0 Å². The summed E-state index contributed by atoms with van der Waals surface area (Å²) in [6, 6.07) is 0. The third-order valence-corrected chi connectivity index (χ3v) is 4.12. The van der Waals surface area contributed by atoms with Gasteiger partial charge in [0.15, 0.2) is 0 Å². The molecule has 0 N–H and O–H groups in total. The van der Waals surface area contributed by atoms with Gasteiger partial charge in [-0.05, 0) is 30.6 Å². The van der Waals surface area contributed by atoms with Crippen LogP contribution in [-0.2, 0) is 0 Å². The van der Waals surface area contributed by atoms with E-state index in [-0.39, 0.29) is 5.38 Å². The van der Waals surface area contributed by atoms with Crippen molar-refractivity contribution in [2.75, 3.05) is 0 Å². The first-order chi connectivity index (χ1) is 5.72. The maximum absolute atomic E-state index is 6.15. The Morgan fingerprint density at radius 1 is 1.50 bits per heavy atom. The van der Waals surface area contributed by atoms with Crippen molar-refractivity contribution in [3.63, 3.8) is 0 Å². The standard InChI is InChI=1S/C10H12Cl2/c1-2-6-3-8-4-7(6)5-9(11)10(8)12/h2,5-8,10H,1,3-4H2/t6-,7+,8-,10+/m0/s1. The summed E-state index contributed by atoms with van der Waals surface area (Å²) in [5.41, 5.74) is 0. The van der Waals surface area contributed by atoms with Crippen molar-refractivity contribution in [2.45, 2.75) is 18.2 Å². The quantitative estimate of drug-likeness (QED) is 0.451. The van der Waals surface area contributed by atoms with Crippen molar-refractivity contribution in [1.29, 1.82) is 0 Å².